The minimum Gasteiger partial charge on any atom is -0.309 e. The highest BCUT2D eigenvalue weighted by Gasteiger charge is 2.31. The van der Waals surface area contributed by atoms with Gasteiger partial charge in [-0.3, -0.25) is 14.5 Å². The Morgan fingerprint density at radius 1 is 1.30 bits per heavy atom. The highest BCUT2D eigenvalue weighted by atomic mass is 32.2. The van der Waals surface area contributed by atoms with E-state index in [0.717, 1.165) is 18.4 Å². The number of hydrogen-bond donors (Lipinski definition) is 2. The van der Waals surface area contributed by atoms with Gasteiger partial charge in [0.1, 0.15) is 17.7 Å². The number of aryl methyl sites for hydroxylation is 1. The Bertz CT molecular complexity index is 986. The zero-order chi connectivity index (χ0) is 19.4. The Kier molecular flexibility index (Phi) is 5.55. The monoisotopic (exact) mass is 386 g/mol. The number of rotatable bonds is 6. The van der Waals surface area contributed by atoms with Gasteiger partial charge >= 0.3 is 0 Å². The zero-order valence-corrected chi connectivity index (χ0v) is 16.1. The second-order valence-corrected chi connectivity index (χ2v) is 8.10. The molecule has 0 bridgehead atoms. The van der Waals surface area contributed by atoms with Crippen LogP contribution in [0.4, 0.5) is 5.82 Å². The number of amidine groups is 1. The fourth-order valence-electron chi connectivity index (χ4n) is 2.85. The van der Waals surface area contributed by atoms with Crippen molar-refractivity contribution in [3.8, 4) is 0 Å². The topological polar surface area (TPSA) is 101 Å². The van der Waals surface area contributed by atoms with Crippen molar-refractivity contribution in [3.05, 3.63) is 53.7 Å². The van der Waals surface area contributed by atoms with Gasteiger partial charge in [-0.05, 0) is 43.2 Å². The highest BCUT2D eigenvalue weighted by Crippen LogP contribution is 2.23. The Morgan fingerprint density at radius 3 is 2.81 bits per heavy atom. The van der Waals surface area contributed by atoms with Crippen LogP contribution in [0, 0.1) is 6.92 Å². The van der Waals surface area contributed by atoms with Crippen molar-refractivity contribution in [2.75, 3.05) is 5.32 Å². The van der Waals surface area contributed by atoms with E-state index in [4.69, 9.17) is 0 Å². The van der Waals surface area contributed by atoms with Gasteiger partial charge in [0.2, 0.25) is 5.91 Å². The van der Waals surface area contributed by atoms with E-state index < -0.39 is 16.1 Å². The number of aromatic nitrogens is 1. The molecule has 7 nitrogen and oxygen atoms in total. The molecule has 0 unspecified atom stereocenters. The molecule has 1 atom stereocenters. The third-order valence-electron chi connectivity index (χ3n) is 4.25. The largest absolute Gasteiger partial charge is 0.309 e. The molecule has 3 rings (SSSR count). The number of amides is 1. The predicted octanol–water partition coefficient (Wildman–Crippen LogP) is 2.63. The van der Waals surface area contributed by atoms with Crippen molar-refractivity contribution >= 4 is 27.6 Å². The average Bonchev–Trinajstić information content (AvgIpc) is 2.89. The molecule has 2 N–H and O–H groups in total. The molecule has 1 aromatic heterocycles. The van der Waals surface area contributed by atoms with E-state index >= 15 is 0 Å². The van der Waals surface area contributed by atoms with Gasteiger partial charge in [-0.25, -0.2) is 13.4 Å². The maximum atomic E-state index is 12.8. The summed E-state index contributed by atoms with van der Waals surface area (Å²) in [7, 11) is -3.64. The van der Waals surface area contributed by atoms with Gasteiger partial charge in [-0.15, -0.1) is 0 Å². The van der Waals surface area contributed by atoms with Crippen LogP contribution < -0.4 is 10.0 Å². The second kappa shape index (κ2) is 7.87. The minimum absolute atomic E-state index is 0.179. The predicted molar refractivity (Wildman–Crippen MR) is 104 cm³/mol. The van der Waals surface area contributed by atoms with E-state index in [9.17, 15) is 13.2 Å². The summed E-state index contributed by atoms with van der Waals surface area (Å²) >= 11 is 0. The van der Waals surface area contributed by atoms with Gasteiger partial charge < -0.3 is 5.32 Å². The number of aliphatic imine (C=N–C) groups is 1. The Morgan fingerprint density at radius 2 is 2.07 bits per heavy atom. The summed E-state index contributed by atoms with van der Waals surface area (Å²) in [5.41, 5.74) is 1.47. The number of anilines is 1. The van der Waals surface area contributed by atoms with Gasteiger partial charge in [-0.2, -0.15) is 0 Å². The number of carbonyl (C=O) groups is 1. The first-order chi connectivity index (χ1) is 12.9. The molecule has 1 amide bonds. The van der Waals surface area contributed by atoms with E-state index in [2.05, 4.69) is 20.0 Å². The molecular weight excluding hydrogens is 364 g/mol. The van der Waals surface area contributed by atoms with E-state index in [1.165, 1.54) is 6.07 Å². The third kappa shape index (κ3) is 4.33. The fraction of sp³-hybridized carbons (Fsp3) is 0.316. The van der Waals surface area contributed by atoms with Crippen LogP contribution >= 0.6 is 0 Å². The average molecular weight is 386 g/mol. The van der Waals surface area contributed by atoms with Crippen LogP contribution in [0.15, 0.2) is 52.5 Å². The second-order valence-electron chi connectivity index (χ2n) is 6.45. The number of sulfonamides is 1. The lowest BCUT2D eigenvalue weighted by atomic mass is 10.1. The molecule has 27 heavy (non-hydrogen) atoms. The highest BCUT2D eigenvalue weighted by molar-refractivity contribution is 7.90. The quantitative estimate of drug-likeness (QED) is 0.797. The fourth-order valence-corrected chi connectivity index (χ4v) is 4.09. The molecule has 1 aliphatic rings. The molecule has 0 fully saturated rings. The summed E-state index contributed by atoms with van der Waals surface area (Å²) < 4.78 is 27.0. The number of hydrogen-bond acceptors (Lipinski definition) is 5. The third-order valence-corrected chi connectivity index (χ3v) is 5.65. The number of benzene rings is 1. The zero-order valence-electron chi connectivity index (χ0n) is 15.3. The smallest absolute Gasteiger partial charge is 0.263 e. The molecule has 0 saturated heterocycles. The van der Waals surface area contributed by atoms with Crippen molar-refractivity contribution in [1.29, 1.82) is 0 Å². The van der Waals surface area contributed by atoms with Crippen LogP contribution in [0.3, 0.4) is 0 Å². The number of nitrogens with one attached hydrogen (secondary N) is 2. The van der Waals surface area contributed by atoms with Crippen molar-refractivity contribution in [1.82, 2.24) is 9.71 Å². The van der Waals surface area contributed by atoms with E-state index in [-0.39, 0.29) is 16.6 Å². The molecule has 2 aromatic rings. The first kappa shape index (κ1) is 19.0. The van der Waals surface area contributed by atoms with Crippen molar-refractivity contribution in [2.24, 2.45) is 4.99 Å². The normalized spacial score (nSPS) is 17.2. The number of pyridine rings is 1. The van der Waals surface area contributed by atoms with Crippen LogP contribution in [0.2, 0.25) is 0 Å². The number of carbonyl (C=O) groups excluding carboxylic acids is 1. The maximum Gasteiger partial charge on any atom is 0.263 e. The van der Waals surface area contributed by atoms with E-state index in [1.54, 1.807) is 30.5 Å². The van der Waals surface area contributed by atoms with Crippen LogP contribution in [0.1, 0.15) is 37.3 Å². The summed E-state index contributed by atoms with van der Waals surface area (Å²) in [5, 5.41) is 2.78. The summed E-state index contributed by atoms with van der Waals surface area (Å²) in [6.45, 7) is 3.94. The van der Waals surface area contributed by atoms with Gasteiger partial charge in [0, 0.05) is 11.8 Å². The van der Waals surface area contributed by atoms with Gasteiger partial charge in [0.15, 0.2) is 0 Å². The van der Waals surface area contributed by atoms with Crippen molar-refractivity contribution in [2.45, 2.75) is 44.0 Å². The standard InChI is InChI=1S/C19H22N4O3S/c1-3-4-8-15(19(24)22-17-12-13(2)10-11-20-17)21-18-14-7-5-6-9-16(14)27(25,26)23-18/h5-7,9-12,15H,3-4,8H2,1-2H3,(H,21,23)(H,20,22,24)/t15-/m1/s1. The summed E-state index contributed by atoms with van der Waals surface area (Å²) in [5.74, 6) is 0.353. The van der Waals surface area contributed by atoms with E-state index in [0.29, 0.717) is 17.8 Å². The molecule has 0 aliphatic carbocycles. The summed E-state index contributed by atoms with van der Waals surface area (Å²) in [6.07, 6.45) is 3.84. The van der Waals surface area contributed by atoms with Gasteiger partial charge in [0.05, 0.1) is 4.90 Å². The van der Waals surface area contributed by atoms with Crippen molar-refractivity contribution < 1.29 is 13.2 Å². The molecular formula is C19H22N4O3S. The molecule has 0 spiro atoms. The molecule has 8 heteroatoms. The lowest BCUT2D eigenvalue weighted by Gasteiger charge is -2.13. The van der Waals surface area contributed by atoms with Crippen LogP contribution in [-0.4, -0.2) is 31.2 Å². The van der Waals surface area contributed by atoms with Gasteiger partial charge in [0.25, 0.3) is 10.0 Å². The molecule has 1 aliphatic heterocycles. The van der Waals surface area contributed by atoms with E-state index in [1.807, 2.05) is 19.9 Å². The van der Waals surface area contributed by atoms with Gasteiger partial charge in [-0.1, -0.05) is 31.9 Å². The maximum absolute atomic E-state index is 12.8. The summed E-state index contributed by atoms with van der Waals surface area (Å²) in [4.78, 5) is 21.5. The number of unbranched alkanes of at least 4 members (excludes halogenated alkanes) is 1. The molecule has 2 heterocycles. The Balaban J connectivity index is 1.89. The first-order valence-corrected chi connectivity index (χ1v) is 10.3. The number of nitrogens with zero attached hydrogens (tertiary/aromatic N) is 2. The molecule has 0 radical (unpaired) electrons. The van der Waals surface area contributed by atoms with Crippen LogP contribution in [0.5, 0.6) is 0 Å². The minimum atomic E-state index is -3.64. The van der Waals surface area contributed by atoms with Crippen molar-refractivity contribution in [3.63, 3.8) is 0 Å². The Hall–Kier alpha value is -2.74. The molecule has 1 aromatic carbocycles. The lowest BCUT2D eigenvalue weighted by molar-refractivity contribution is -0.117. The van der Waals surface area contributed by atoms with Crippen LogP contribution in [0.25, 0.3) is 0 Å². The molecule has 142 valence electrons. The number of fused-ring (bicyclic) bond motifs is 1. The van der Waals surface area contributed by atoms with Crippen LogP contribution in [-0.2, 0) is 14.8 Å². The molecule has 0 saturated carbocycles. The first-order valence-electron chi connectivity index (χ1n) is 8.84. The lowest BCUT2D eigenvalue weighted by Crippen LogP contribution is -2.31. The summed E-state index contributed by atoms with van der Waals surface area (Å²) in [6, 6.07) is 9.52. The SMILES string of the molecule is CCCC[C@@H](N=C1NS(=O)(=O)c2ccccc21)C(=O)Nc1cc(C)ccn1. The Labute approximate surface area is 159 Å².